The highest BCUT2D eigenvalue weighted by molar-refractivity contribution is 9.10. The number of carbonyl (C=O) groups excluding carboxylic acids is 1. The fourth-order valence-corrected chi connectivity index (χ4v) is 4.58. The first-order valence-electron chi connectivity index (χ1n) is 7.84. The molecule has 0 saturated carbocycles. The molecule has 4 rings (SSSR count). The number of amides is 1. The number of rotatable bonds is 2. The van der Waals surface area contributed by atoms with Crippen molar-refractivity contribution in [3.05, 3.63) is 38.1 Å². The number of halogens is 1. The van der Waals surface area contributed by atoms with Crippen LogP contribution in [0.25, 0.3) is 0 Å². The third kappa shape index (κ3) is 2.99. The summed E-state index contributed by atoms with van der Waals surface area (Å²) in [5.74, 6) is 1.08. The van der Waals surface area contributed by atoms with Crippen LogP contribution in [-0.2, 0) is 12.8 Å². The van der Waals surface area contributed by atoms with Gasteiger partial charge in [-0.05, 0) is 52.9 Å². The fourth-order valence-electron chi connectivity index (χ4n) is 3.19. The number of fused-ring (bicyclic) bond motifs is 1. The number of piperazine rings is 1. The molecule has 2 aromatic heterocycles. The molecule has 1 aliphatic carbocycles. The first-order chi connectivity index (χ1) is 11.2. The van der Waals surface area contributed by atoms with Gasteiger partial charge in [-0.2, -0.15) is 5.10 Å². The first kappa shape index (κ1) is 15.1. The molecule has 7 heteroatoms. The van der Waals surface area contributed by atoms with Gasteiger partial charge >= 0.3 is 0 Å². The van der Waals surface area contributed by atoms with E-state index < -0.39 is 0 Å². The Morgan fingerprint density at radius 2 is 1.96 bits per heavy atom. The Morgan fingerprint density at radius 1 is 1.13 bits per heavy atom. The molecule has 0 unspecified atom stereocenters. The third-order valence-corrected chi connectivity index (χ3v) is 6.16. The van der Waals surface area contributed by atoms with Crippen LogP contribution in [0.5, 0.6) is 0 Å². The highest BCUT2D eigenvalue weighted by Gasteiger charge is 2.25. The predicted molar refractivity (Wildman–Crippen MR) is 94.2 cm³/mol. The van der Waals surface area contributed by atoms with Gasteiger partial charge in [-0.1, -0.05) is 0 Å². The van der Waals surface area contributed by atoms with Crippen LogP contribution in [0.2, 0.25) is 0 Å². The predicted octanol–water partition coefficient (Wildman–Crippen LogP) is 2.75. The molecule has 5 nitrogen and oxygen atoms in total. The van der Waals surface area contributed by atoms with Crippen LogP contribution < -0.4 is 4.90 Å². The van der Waals surface area contributed by atoms with Crippen LogP contribution in [0.1, 0.15) is 27.3 Å². The summed E-state index contributed by atoms with van der Waals surface area (Å²) in [5, 5.41) is 10.7. The van der Waals surface area contributed by atoms with E-state index in [1.165, 1.54) is 23.3 Å². The summed E-state index contributed by atoms with van der Waals surface area (Å²) >= 11 is 4.89. The van der Waals surface area contributed by atoms with Gasteiger partial charge in [0.2, 0.25) is 0 Å². The lowest BCUT2D eigenvalue weighted by molar-refractivity contribution is 0.0751. The van der Waals surface area contributed by atoms with Crippen molar-refractivity contribution in [2.45, 2.75) is 19.3 Å². The van der Waals surface area contributed by atoms with Gasteiger partial charge in [0.15, 0.2) is 5.82 Å². The summed E-state index contributed by atoms with van der Waals surface area (Å²) < 4.78 is 0.970. The van der Waals surface area contributed by atoms with Gasteiger partial charge in [-0.15, -0.1) is 16.4 Å². The van der Waals surface area contributed by atoms with Gasteiger partial charge in [0.25, 0.3) is 5.91 Å². The van der Waals surface area contributed by atoms with Crippen molar-refractivity contribution in [2.24, 2.45) is 0 Å². The normalized spacial score (nSPS) is 17.4. The number of aryl methyl sites for hydroxylation is 2. The zero-order chi connectivity index (χ0) is 15.8. The largest absolute Gasteiger partial charge is 0.352 e. The monoisotopic (exact) mass is 392 g/mol. The molecule has 2 aromatic rings. The molecule has 1 amide bonds. The lowest BCUT2D eigenvalue weighted by Crippen LogP contribution is -2.49. The number of thiophene rings is 1. The maximum atomic E-state index is 12.5. The summed E-state index contributed by atoms with van der Waals surface area (Å²) in [5.41, 5.74) is 2.50. The summed E-state index contributed by atoms with van der Waals surface area (Å²) in [6.07, 6.45) is 3.36. The molecule has 0 spiro atoms. The second kappa shape index (κ2) is 6.20. The molecule has 1 fully saturated rings. The number of hydrogen-bond acceptors (Lipinski definition) is 5. The minimum absolute atomic E-state index is 0.125. The van der Waals surface area contributed by atoms with E-state index in [1.54, 1.807) is 0 Å². The fraction of sp³-hybridized carbons (Fsp3) is 0.438. The highest BCUT2D eigenvalue weighted by atomic mass is 79.9. The molecule has 0 radical (unpaired) electrons. The van der Waals surface area contributed by atoms with Crippen LogP contribution in [0, 0.1) is 0 Å². The number of nitrogens with zero attached hydrogens (tertiary/aromatic N) is 4. The van der Waals surface area contributed by atoms with Crippen LogP contribution in [-0.4, -0.2) is 47.2 Å². The molecule has 2 aliphatic rings. The van der Waals surface area contributed by atoms with E-state index in [9.17, 15) is 4.79 Å². The van der Waals surface area contributed by atoms with E-state index in [0.29, 0.717) is 0 Å². The van der Waals surface area contributed by atoms with Gasteiger partial charge in [0.05, 0.1) is 10.6 Å². The molecule has 0 aromatic carbocycles. The molecule has 0 atom stereocenters. The summed E-state index contributed by atoms with van der Waals surface area (Å²) in [6.45, 7) is 3.08. The van der Waals surface area contributed by atoms with Gasteiger partial charge < -0.3 is 9.80 Å². The second-order valence-corrected chi connectivity index (χ2v) is 7.76. The van der Waals surface area contributed by atoms with Crippen molar-refractivity contribution in [3.63, 3.8) is 0 Å². The molecule has 1 saturated heterocycles. The van der Waals surface area contributed by atoms with Crippen molar-refractivity contribution >= 4 is 39.0 Å². The molecule has 0 bridgehead atoms. The Morgan fingerprint density at radius 3 is 2.70 bits per heavy atom. The maximum absolute atomic E-state index is 12.5. The number of aromatic nitrogens is 2. The molecule has 120 valence electrons. The zero-order valence-corrected chi connectivity index (χ0v) is 15.1. The second-order valence-electron chi connectivity index (χ2n) is 5.94. The summed E-state index contributed by atoms with van der Waals surface area (Å²) in [7, 11) is 0. The average molecular weight is 393 g/mol. The zero-order valence-electron chi connectivity index (χ0n) is 12.7. The lowest BCUT2D eigenvalue weighted by atomic mass is 10.2. The summed E-state index contributed by atoms with van der Waals surface area (Å²) in [6, 6.07) is 4.08. The topological polar surface area (TPSA) is 49.3 Å². The van der Waals surface area contributed by atoms with E-state index in [1.807, 2.05) is 16.3 Å². The van der Waals surface area contributed by atoms with Crippen LogP contribution in [0.4, 0.5) is 5.82 Å². The van der Waals surface area contributed by atoms with Gasteiger partial charge in [0.1, 0.15) is 0 Å². The molecule has 0 N–H and O–H groups in total. The van der Waals surface area contributed by atoms with E-state index in [-0.39, 0.29) is 5.91 Å². The molecule has 23 heavy (non-hydrogen) atoms. The molecular weight excluding hydrogens is 376 g/mol. The quantitative estimate of drug-likeness (QED) is 0.788. The van der Waals surface area contributed by atoms with E-state index in [4.69, 9.17) is 0 Å². The van der Waals surface area contributed by atoms with Crippen molar-refractivity contribution in [2.75, 3.05) is 31.1 Å². The van der Waals surface area contributed by atoms with Crippen LogP contribution in [0.3, 0.4) is 0 Å². The Balaban J connectivity index is 1.42. The standard InChI is InChI=1S/C16H17BrN4OS/c17-12-9-14(23-10-12)16(22)21-6-4-20(5-7-21)15-8-11-2-1-3-13(11)18-19-15/h8-10H,1-7H2. The van der Waals surface area contributed by atoms with E-state index in [2.05, 4.69) is 37.1 Å². The molecular formula is C16H17BrN4OS. The minimum atomic E-state index is 0.125. The lowest BCUT2D eigenvalue weighted by Gasteiger charge is -2.35. The third-order valence-electron chi connectivity index (χ3n) is 4.48. The van der Waals surface area contributed by atoms with Gasteiger partial charge in [-0.25, -0.2) is 0 Å². The Kier molecular flexibility index (Phi) is 4.07. The van der Waals surface area contributed by atoms with Crippen LogP contribution >= 0.6 is 27.3 Å². The SMILES string of the molecule is O=C(c1cc(Br)cs1)N1CCN(c2cc3c(nn2)CCC3)CC1. The van der Waals surface area contributed by atoms with Gasteiger partial charge in [-0.3, -0.25) is 4.79 Å². The number of anilines is 1. The Hall–Kier alpha value is -1.47. The van der Waals surface area contributed by atoms with Crippen molar-refractivity contribution in [3.8, 4) is 0 Å². The van der Waals surface area contributed by atoms with Gasteiger partial charge in [0, 0.05) is 36.0 Å². The van der Waals surface area contributed by atoms with Crippen molar-refractivity contribution < 1.29 is 4.79 Å². The number of carbonyl (C=O) groups is 1. The molecule has 3 heterocycles. The van der Waals surface area contributed by atoms with Crippen molar-refractivity contribution in [1.82, 2.24) is 15.1 Å². The molecule has 1 aliphatic heterocycles. The van der Waals surface area contributed by atoms with Crippen LogP contribution in [0.15, 0.2) is 22.0 Å². The van der Waals surface area contributed by atoms with E-state index >= 15 is 0 Å². The minimum Gasteiger partial charge on any atom is -0.352 e. The average Bonchev–Trinajstić information content (AvgIpc) is 3.22. The first-order valence-corrected chi connectivity index (χ1v) is 9.52. The Labute approximate surface area is 147 Å². The number of hydrogen-bond donors (Lipinski definition) is 0. The van der Waals surface area contributed by atoms with Crippen molar-refractivity contribution in [1.29, 1.82) is 0 Å². The highest BCUT2D eigenvalue weighted by Crippen LogP contribution is 2.25. The summed E-state index contributed by atoms with van der Waals surface area (Å²) in [4.78, 5) is 17.4. The maximum Gasteiger partial charge on any atom is 0.264 e. The van der Waals surface area contributed by atoms with E-state index in [0.717, 1.165) is 59.9 Å². The smallest absolute Gasteiger partial charge is 0.264 e. The Bertz CT molecular complexity index is 739.